The average Bonchev–Trinajstić information content (AvgIpc) is 3.01. The molecule has 0 aliphatic heterocycles. The van der Waals surface area contributed by atoms with Gasteiger partial charge in [-0.25, -0.2) is 4.68 Å². The van der Waals surface area contributed by atoms with Crippen molar-refractivity contribution in [1.29, 1.82) is 0 Å². The van der Waals surface area contributed by atoms with Crippen molar-refractivity contribution in [2.45, 2.75) is 19.0 Å². The van der Waals surface area contributed by atoms with Crippen molar-refractivity contribution in [3.8, 4) is 11.3 Å². The minimum absolute atomic E-state index is 0.142. The van der Waals surface area contributed by atoms with Crippen LogP contribution in [0.1, 0.15) is 6.42 Å². The number of nitrogens with one attached hydrogen (secondary N) is 2. The van der Waals surface area contributed by atoms with Gasteiger partial charge in [-0.1, -0.05) is 35.5 Å². The predicted molar refractivity (Wildman–Crippen MR) is 85.3 cm³/mol. The molecule has 0 spiro atoms. The van der Waals surface area contributed by atoms with Crippen molar-refractivity contribution in [2.75, 3.05) is 7.05 Å². The Balaban J connectivity index is 2.08. The van der Waals surface area contributed by atoms with Crippen molar-refractivity contribution in [2.24, 2.45) is 5.73 Å². The van der Waals surface area contributed by atoms with E-state index in [0.717, 1.165) is 5.56 Å². The van der Waals surface area contributed by atoms with Gasteiger partial charge in [-0.05, 0) is 0 Å². The third kappa shape index (κ3) is 4.38. The van der Waals surface area contributed by atoms with E-state index in [0.29, 0.717) is 5.69 Å². The van der Waals surface area contributed by atoms with E-state index in [1.807, 2.05) is 30.3 Å². The molecule has 1 aromatic heterocycles. The molecule has 0 aliphatic carbocycles. The summed E-state index contributed by atoms with van der Waals surface area (Å²) in [6.07, 6.45) is 1.26. The number of hydrogen-bond donors (Lipinski definition) is 3. The SMILES string of the molecule is CNC(=O)[C@H](CC(N)=O)NC(=O)Cn1nncc1-c1ccccc1. The van der Waals surface area contributed by atoms with Crippen LogP contribution in [0.25, 0.3) is 11.3 Å². The minimum Gasteiger partial charge on any atom is -0.370 e. The van der Waals surface area contributed by atoms with E-state index < -0.39 is 23.8 Å². The summed E-state index contributed by atoms with van der Waals surface area (Å²) in [5, 5.41) is 12.5. The van der Waals surface area contributed by atoms with Crippen LogP contribution in [-0.2, 0) is 20.9 Å². The number of amides is 3. The Kier molecular flexibility index (Phi) is 5.61. The molecule has 2 rings (SSSR count). The molecule has 0 fully saturated rings. The first-order valence-electron chi connectivity index (χ1n) is 7.24. The molecule has 24 heavy (non-hydrogen) atoms. The summed E-state index contributed by atoms with van der Waals surface area (Å²) in [6.45, 7) is -0.142. The third-order valence-corrected chi connectivity index (χ3v) is 3.28. The van der Waals surface area contributed by atoms with Gasteiger partial charge in [0, 0.05) is 12.6 Å². The molecule has 1 aromatic carbocycles. The lowest BCUT2D eigenvalue weighted by Gasteiger charge is -2.16. The normalized spacial score (nSPS) is 11.5. The van der Waals surface area contributed by atoms with Gasteiger partial charge < -0.3 is 16.4 Å². The summed E-state index contributed by atoms with van der Waals surface area (Å²) in [4.78, 5) is 34.9. The van der Waals surface area contributed by atoms with E-state index in [2.05, 4.69) is 20.9 Å². The van der Waals surface area contributed by atoms with Crippen molar-refractivity contribution in [1.82, 2.24) is 25.6 Å². The highest BCUT2D eigenvalue weighted by molar-refractivity contribution is 5.91. The number of nitrogens with zero attached hydrogens (tertiary/aromatic N) is 3. The number of carbonyl (C=O) groups excluding carboxylic acids is 3. The molecule has 0 radical (unpaired) electrons. The van der Waals surface area contributed by atoms with Crippen LogP contribution in [0.4, 0.5) is 0 Å². The molecule has 9 nitrogen and oxygen atoms in total. The molecule has 0 saturated heterocycles. The van der Waals surface area contributed by atoms with Crippen LogP contribution in [0.5, 0.6) is 0 Å². The van der Waals surface area contributed by atoms with E-state index in [9.17, 15) is 14.4 Å². The molecule has 0 aliphatic rings. The number of likely N-dealkylation sites (N-methyl/N-ethyl adjacent to an activating group) is 1. The fourth-order valence-electron chi connectivity index (χ4n) is 2.17. The van der Waals surface area contributed by atoms with Crippen LogP contribution in [0, 0.1) is 0 Å². The molecule has 0 saturated carbocycles. The lowest BCUT2D eigenvalue weighted by atomic mass is 10.1. The number of aromatic nitrogens is 3. The second-order valence-corrected chi connectivity index (χ2v) is 5.05. The van der Waals surface area contributed by atoms with Crippen LogP contribution in [0.3, 0.4) is 0 Å². The zero-order valence-electron chi connectivity index (χ0n) is 13.1. The topological polar surface area (TPSA) is 132 Å². The van der Waals surface area contributed by atoms with Crippen LogP contribution in [-0.4, -0.2) is 45.8 Å². The Morgan fingerprint density at radius 3 is 2.58 bits per heavy atom. The molecule has 1 atom stereocenters. The summed E-state index contributed by atoms with van der Waals surface area (Å²) in [5.41, 5.74) is 6.62. The Labute approximate surface area is 138 Å². The summed E-state index contributed by atoms with van der Waals surface area (Å²) < 4.78 is 1.41. The van der Waals surface area contributed by atoms with Gasteiger partial charge in [0.05, 0.1) is 18.3 Å². The molecule has 4 N–H and O–H groups in total. The van der Waals surface area contributed by atoms with E-state index in [4.69, 9.17) is 5.73 Å². The molecule has 126 valence electrons. The second kappa shape index (κ2) is 7.86. The molecule has 2 aromatic rings. The Morgan fingerprint density at radius 1 is 1.25 bits per heavy atom. The Hall–Kier alpha value is -3.23. The highest BCUT2D eigenvalue weighted by Crippen LogP contribution is 2.16. The van der Waals surface area contributed by atoms with Crippen molar-refractivity contribution >= 4 is 17.7 Å². The Morgan fingerprint density at radius 2 is 1.96 bits per heavy atom. The number of carbonyl (C=O) groups is 3. The monoisotopic (exact) mass is 330 g/mol. The van der Waals surface area contributed by atoms with Crippen molar-refractivity contribution in [3.63, 3.8) is 0 Å². The van der Waals surface area contributed by atoms with Crippen LogP contribution >= 0.6 is 0 Å². The minimum atomic E-state index is -1.02. The fraction of sp³-hybridized carbons (Fsp3) is 0.267. The van der Waals surface area contributed by atoms with Gasteiger partial charge in [0.25, 0.3) is 0 Å². The number of nitrogens with two attached hydrogens (primary N) is 1. The van der Waals surface area contributed by atoms with E-state index in [1.165, 1.54) is 11.7 Å². The maximum Gasteiger partial charge on any atom is 0.242 e. The van der Waals surface area contributed by atoms with Crippen molar-refractivity contribution < 1.29 is 14.4 Å². The molecule has 3 amide bonds. The highest BCUT2D eigenvalue weighted by Gasteiger charge is 2.22. The van der Waals surface area contributed by atoms with E-state index in [1.54, 1.807) is 6.20 Å². The van der Waals surface area contributed by atoms with Gasteiger partial charge in [-0.15, -0.1) is 5.10 Å². The fourth-order valence-corrected chi connectivity index (χ4v) is 2.17. The summed E-state index contributed by atoms with van der Waals surface area (Å²) in [5.74, 6) is -1.66. The first-order chi connectivity index (χ1) is 11.5. The average molecular weight is 330 g/mol. The number of hydrogen-bond acceptors (Lipinski definition) is 5. The highest BCUT2D eigenvalue weighted by atomic mass is 16.2. The number of primary amides is 1. The predicted octanol–water partition coefficient (Wildman–Crippen LogP) is -0.949. The zero-order chi connectivity index (χ0) is 17.5. The lowest BCUT2D eigenvalue weighted by molar-refractivity contribution is -0.131. The molecular formula is C15H18N6O3. The number of benzene rings is 1. The van der Waals surface area contributed by atoms with E-state index >= 15 is 0 Å². The first kappa shape index (κ1) is 17.1. The molecular weight excluding hydrogens is 312 g/mol. The number of rotatable bonds is 7. The smallest absolute Gasteiger partial charge is 0.242 e. The van der Waals surface area contributed by atoms with E-state index in [-0.39, 0.29) is 13.0 Å². The zero-order valence-corrected chi connectivity index (χ0v) is 13.1. The summed E-state index contributed by atoms with van der Waals surface area (Å²) in [7, 11) is 1.41. The lowest BCUT2D eigenvalue weighted by Crippen LogP contribution is -2.48. The van der Waals surface area contributed by atoms with Gasteiger partial charge in [-0.3, -0.25) is 14.4 Å². The molecule has 0 unspecified atom stereocenters. The molecule has 9 heteroatoms. The van der Waals surface area contributed by atoms with Gasteiger partial charge in [-0.2, -0.15) is 0 Å². The van der Waals surface area contributed by atoms with Gasteiger partial charge in [0.15, 0.2) is 0 Å². The summed E-state index contributed by atoms with van der Waals surface area (Å²) >= 11 is 0. The van der Waals surface area contributed by atoms with Crippen LogP contribution < -0.4 is 16.4 Å². The largest absolute Gasteiger partial charge is 0.370 e. The van der Waals surface area contributed by atoms with Crippen molar-refractivity contribution in [3.05, 3.63) is 36.5 Å². The second-order valence-electron chi connectivity index (χ2n) is 5.05. The quantitative estimate of drug-likeness (QED) is 0.602. The van der Waals surface area contributed by atoms with Crippen LogP contribution in [0.2, 0.25) is 0 Å². The third-order valence-electron chi connectivity index (χ3n) is 3.28. The standard InChI is InChI=1S/C15H18N6O3/c1-17-15(24)11(7-13(16)22)19-14(23)9-21-12(8-18-20-21)10-5-3-2-4-6-10/h2-6,8,11H,7,9H2,1H3,(H2,16,22)(H,17,24)(H,19,23)/t11-/m0/s1. The summed E-state index contributed by atoms with van der Waals surface area (Å²) in [6, 6.07) is 8.31. The Bertz CT molecular complexity index is 728. The maximum absolute atomic E-state index is 12.2. The maximum atomic E-state index is 12.2. The molecule has 0 bridgehead atoms. The van der Waals surface area contributed by atoms with Crippen LogP contribution in [0.15, 0.2) is 36.5 Å². The molecule has 1 heterocycles. The van der Waals surface area contributed by atoms with Gasteiger partial charge in [0.1, 0.15) is 12.6 Å². The van der Waals surface area contributed by atoms with Gasteiger partial charge in [0.2, 0.25) is 17.7 Å². The first-order valence-corrected chi connectivity index (χ1v) is 7.24. The van der Waals surface area contributed by atoms with Gasteiger partial charge >= 0.3 is 0 Å².